The minimum absolute atomic E-state index is 0.0895. The summed E-state index contributed by atoms with van der Waals surface area (Å²) < 4.78 is 0. The molecule has 6 heteroatoms. The first kappa shape index (κ1) is 11.0. The van der Waals surface area contributed by atoms with Gasteiger partial charge < -0.3 is 10.0 Å². The van der Waals surface area contributed by atoms with Crippen LogP contribution in [0, 0.1) is 10.1 Å². The van der Waals surface area contributed by atoms with Gasteiger partial charge in [0.15, 0.2) is 0 Å². The van der Waals surface area contributed by atoms with Crippen LogP contribution in [-0.2, 0) is 0 Å². The van der Waals surface area contributed by atoms with E-state index in [1.54, 1.807) is 0 Å². The SMILES string of the molecule is CN(C)C(=O)c1cc(O)cc([N+](=O)[O-])c1. The molecule has 80 valence electrons. The Hall–Kier alpha value is -2.11. The molecule has 0 fully saturated rings. The summed E-state index contributed by atoms with van der Waals surface area (Å²) in [5.74, 6) is -0.691. The van der Waals surface area contributed by atoms with Crippen LogP contribution in [-0.4, -0.2) is 34.9 Å². The average molecular weight is 210 g/mol. The molecular formula is C9H10N2O4. The molecule has 0 saturated heterocycles. The monoisotopic (exact) mass is 210 g/mol. The Labute approximate surface area is 85.9 Å². The second kappa shape index (κ2) is 3.95. The number of carbonyl (C=O) groups is 1. The molecule has 0 radical (unpaired) electrons. The smallest absolute Gasteiger partial charge is 0.273 e. The second-order valence-corrected chi connectivity index (χ2v) is 3.19. The maximum absolute atomic E-state index is 11.5. The van der Waals surface area contributed by atoms with Gasteiger partial charge >= 0.3 is 0 Å². The van der Waals surface area contributed by atoms with Gasteiger partial charge in [0.1, 0.15) is 5.75 Å². The van der Waals surface area contributed by atoms with Crippen molar-refractivity contribution in [3.05, 3.63) is 33.9 Å². The molecule has 0 aliphatic carbocycles. The molecule has 0 aliphatic heterocycles. The van der Waals surface area contributed by atoms with E-state index in [0.29, 0.717) is 0 Å². The van der Waals surface area contributed by atoms with E-state index in [1.807, 2.05) is 0 Å². The lowest BCUT2D eigenvalue weighted by molar-refractivity contribution is -0.385. The summed E-state index contributed by atoms with van der Waals surface area (Å²) in [4.78, 5) is 22.5. The van der Waals surface area contributed by atoms with Gasteiger partial charge in [-0.2, -0.15) is 0 Å². The number of rotatable bonds is 2. The zero-order valence-electron chi connectivity index (χ0n) is 8.30. The number of amides is 1. The minimum Gasteiger partial charge on any atom is -0.508 e. The van der Waals surface area contributed by atoms with E-state index in [2.05, 4.69) is 0 Å². The molecule has 6 nitrogen and oxygen atoms in total. The number of nitro groups is 1. The minimum atomic E-state index is -0.661. The first-order chi connectivity index (χ1) is 6.91. The Morgan fingerprint density at radius 2 is 2.00 bits per heavy atom. The average Bonchev–Trinajstić information content (AvgIpc) is 2.15. The van der Waals surface area contributed by atoms with Crippen LogP contribution < -0.4 is 0 Å². The molecule has 1 rings (SSSR count). The zero-order chi connectivity index (χ0) is 11.6. The lowest BCUT2D eigenvalue weighted by Crippen LogP contribution is -2.21. The Balaban J connectivity index is 3.20. The molecule has 0 aromatic heterocycles. The van der Waals surface area contributed by atoms with E-state index < -0.39 is 10.8 Å². The number of aromatic hydroxyl groups is 1. The molecule has 0 saturated carbocycles. The third kappa shape index (κ3) is 2.43. The topological polar surface area (TPSA) is 83.7 Å². The number of nitro benzene ring substituents is 1. The van der Waals surface area contributed by atoms with Crippen LogP contribution in [0.4, 0.5) is 5.69 Å². The highest BCUT2D eigenvalue weighted by molar-refractivity contribution is 5.94. The van der Waals surface area contributed by atoms with Gasteiger partial charge in [-0.1, -0.05) is 0 Å². The largest absolute Gasteiger partial charge is 0.508 e. The number of nitrogens with zero attached hydrogens (tertiary/aromatic N) is 2. The normalized spacial score (nSPS) is 9.73. The second-order valence-electron chi connectivity index (χ2n) is 3.19. The first-order valence-corrected chi connectivity index (χ1v) is 4.12. The van der Waals surface area contributed by atoms with Gasteiger partial charge in [-0.05, 0) is 6.07 Å². The van der Waals surface area contributed by atoms with Crippen molar-refractivity contribution >= 4 is 11.6 Å². The lowest BCUT2D eigenvalue weighted by atomic mass is 10.1. The van der Waals surface area contributed by atoms with Gasteiger partial charge in [0.05, 0.1) is 11.0 Å². The molecule has 0 bridgehead atoms. The van der Waals surface area contributed by atoms with Crippen LogP contribution in [0.2, 0.25) is 0 Å². The summed E-state index contributed by atoms with van der Waals surface area (Å²) in [5.41, 5.74) is -0.216. The molecule has 0 heterocycles. The molecule has 1 N–H and O–H groups in total. The number of carbonyl (C=O) groups excluding carboxylic acids is 1. The van der Waals surface area contributed by atoms with Crippen LogP contribution in [0.25, 0.3) is 0 Å². The maximum atomic E-state index is 11.5. The Bertz CT molecular complexity index is 415. The highest BCUT2D eigenvalue weighted by atomic mass is 16.6. The Morgan fingerprint density at radius 1 is 1.40 bits per heavy atom. The predicted molar refractivity (Wildman–Crippen MR) is 52.8 cm³/mol. The highest BCUT2D eigenvalue weighted by Crippen LogP contribution is 2.22. The van der Waals surface area contributed by atoms with E-state index in [9.17, 15) is 20.0 Å². The fourth-order valence-corrected chi connectivity index (χ4v) is 1.08. The van der Waals surface area contributed by atoms with E-state index >= 15 is 0 Å². The van der Waals surface area contributed by atoms with Crippen LogP contribution in [0.3, 0.4) is 0 Å². The molecule has 1 amide bonds. The van der Waals surface area contributed by atoms with E-state index in [4.69, 9.17) is 0 Å². The van der Waals surface area contributed by atoms with Gasteiger partial charge in [0.25, 0.3) is 11.6 Å². The molecular weight excluding hydrogens is 200 g/mol. The Morgan fingerprint density at radius 3 is 2.47 bits per heavy atom. The van der Waals surface area contributed by atoms with Crippen LogP contribution in [0.15, 0.2) is 18.2 Å². The number of phenols is 1. The van der Waals surface area contributed by atoms with Gasteiger partial charge in [0, 0.05) is 25.7 Å². The summed E-state index contributed by atoms with van der Waals surface area (Å²) in [6.07, 6.45) is 0. The summed E-state index contributed by atoms with van der Waals surface area (Å²) in [7, 11) is 3.05. The highest BCUT2D eigenvalue weighted by Gasteiger charge is 2.15. The third-order valence-electron chi connectivity index (χ3n) is 1.77. The predicted octanol–water partition coefficient (Wildman–Crippen LogP) is 1.00. The lowest BCUT2D eigenvalue weighted by Gasteiger charge is -2.09. The van der Waals surface area contributed by atoms with Crippen LogP contribution in [0.1, 0.15) is 10.4 Å². The summed E-state index contributed by atoms with van der Waals surface area (Å²) in [5, 5.41) is 19.7. The molecule has 15 heavy (non-hydrogen) atoms. The van der Waals surface area contributed by atoms with E-state index in [-0.39, 0.29) is 17.0 Å². The van der Waals surface area contributed by atoms with E-state index in [1.165, 1.54) is 25.1 Å². The fourth-order valence-electron chi connectivity index (χ4n) is 1.08. The van der Waals surface area contributed by atoms with E-state index in [0.717, 1.165) is 12.1 Å². The summed E-state index contributed by atoms with van der Waals surface area (Å²) in [6, 6.07) is 3.31. The molecule has 1 aromatic rings. The van der Waals surface area contributed by atoms with Gasteiger partial charge in [0.2, 0.25) is 0 Å². The van der Waals surface area contributed by atoms with Crippen molar-refractivity contribution in [3.63, 3.8) is 0 Å². The molecule has 0 aliphatic rings. The summed E-state index contributed by atoms with van der Waals surface area (Å²) in [6.45, 7) is 0. The van der Waals surface area contributed by atoms with Gasteiger partial charge in [-0.25, -0.2) is 0 Å². The number of hydrogen-bond donors (Lipinski definition) is 1. The van der Waals surface area contributed by atoms with Gasteiger partial charge in [-0.3, -0.25) is 14.9 Å². The van der Waals surface area contributed by atoms with Crippen molar-refractivity contribution < 1.29 is 14.8 Å². The molecule has 0 unspecified atom stereocenters. The quantitative estimate of drug-likeness (QED) is 0.583. The van der Waals surface area contributed by atoms with Crippen molar-refractivity contribution in [2.45, 2.75) is 0 Å². The van der Waals surface area contributed by atoms with Crippen LogP contribution >= 0.6 is 0 Å². The maximum Gasteiger partial charge on any atom is 0.273 e. The van der Waals surface area contributed by atoms with Crippen molar-refractivity contribution in [3.8, 4) is 5.75 Å². The van der Waals surface area contributed by atoms with Crippen molar-refractivity contribution in [1.29, 1.82) is 0 Å². The van der Waals surface area contributed by atoms with Crippen molar-refractivity contribution in [2.75, 3.05) is 14.1 Å². The zero-order valence-corrected chi connectivity index (χ0v) is 8.30. The van der Waals surface area contributed by atoms with Crippen molar-refractivity contribution in [1.82, 2.24) is 4.90 Å². The number of hydrogen-bond acceptors (Lipinski definition) is 4. The standard InChI is InChI=1S/C9H10N2O4/c1-10(2)9(13)6-3-7(11(14)15)5-8(12)4-6/h3-5,12H,1-2H3. The number of non-ortho nitro benzene ring substituents is 1. The third-order valence-corrected chi connectivity index (χ3v) is 1.77. The first-order valence-electron chi connectivity index (χ1n) is 4.12. The van der Waals surface area contributed by atoms with Crippen molar-refractivity contribution in [2.24, 2.45) is 0 Å². The fraction of sp³-hybridized carbons (Fsp3) is 0.222. The molecule has 0 atom stereocenters. The Kier molecular flexibility index (Phi) is 2.89. The van der Waals surface area contributed by atoms with Gasteiger partial charge in [-0.15, -0.1) is 0 Å². The summed E-state index contributed by atoms with van der Waals surface area (Å²) >= 11 is 0. The number of benzene rings is 1. The number of phenolic OH excluding ortho intramolecular Hbond substituents is 1. The molecule has 0 spiro atoms. The van der Waals surface area contributed by atoms with Crippen LogP contribution in [0.5, 0.6) is 5.75 Å². The molecule has 1 aromatic carbocycles.